The third kappa shape index (κ3) is 11.2. The van der Waals surface area contributed by atoms with Crippen molar-refractivity contribution in [3.05, 3.63) is 34.7 Å². The topological polar surface area (TPSA) is 65.0 Å². The summed E-state index contributed by atoms with van der Waals surface area (Å²) < 4.78 is 24.9. The smallest absolute Gasteiger partial charge is 0.211 e. The molecule has 1 aliphatic heterocycles. The van der Waals surface area contributed by atoms with Crippen LogP contribution in [0.5, 0.6) is 0 Å². The van der Waals surface area contributed by atoms with Gasteiger partial charge < -0.3 is 4.90 Å². The van der Waals surface area contributed by atoms with Crippen LogP contribution in [0.1, 0.15) is 60.3 Å². The lowest BCUT2D eigenvalue weighted by Crippen LogP contribution is -2.38. The number of rotatable bonds is 11. The number of hydrogen-bond donors (Lipinski definition) is 1. The van der Waals surface area contributed by atoms with Crippen molar-refractivity contribution >= 4 is 28.3 Å². The van der Waals surface area contributed by atoms with Crippen molar-refractivity contribution in [1.82, 2.24) is 14.6 Å². The summed E-state index contributed by atoms with van der Waals surface area (Å²) in [4.78, 5) is 2.35. The fraction of sp³-hybridized carbons (Fsp3) is 0.682. The van der Waals surface area contributed by atoms with Gasteiger partial charge in [-0.05, 0) is 57.6 Å². The zero-order valence-corrected chi connectivity index (χ0v) is 21.2. The Morgan fingerprint density at radius 3 is 2.33 bits per heavy atom. The molecule has 0 spiro atoms. The lowest BCUT2D eigenvalue weighted by atomic mass is 9.94. The molecule has 0 amide bonds. The van der Waals surface area contributed by atoms with Crippen molar-refractivity contribution in [2.75, 3.05) is 32.4 Å². The molecule has 0 aromatic rings. The molecule has 1 N–H and O–H groups in total. The summed E-state index contributed by atoms with van der Waals surface area (Å²) in [7, 11) is -3.06. The first-order valence-corrected chi connectivity index (χ1v) is 13.1. The summed E-state index contributed by atoms with van der Waals surface area (Å²) in [6, 6.07) is 0. The Labute approximate surface area is 189 Å². The van der Waals surface area contributed by atoms with Crippen LogP contribution in [0.15, 0.2) is 39.8 Å². The zero-order chi connectivity index (χ0) is 23.2. The maximum Gasteiger partial charge on any atom is 0.211 e. The van der Waals surface area contributed by atoms with Crippen LogP contribution < -0.4 is 5.43 Å². The van der Waals surface area contributed by atoms with Crippen molar-refractivity contribution in [2.45, 2.75) is 60.3 Å². The van der Waals surface area contributed by atoms with E-state index in [9.17, 15) is 8.42 Å². The highest BCUT2D eigenvalue weighted by atomic mass is 35.5. The van der Waals surface area contributed by atoms with Crippen LogP contribution in [0, 0.1) is 5.92 Å². The average Bonchev–Trinajstić information content (AvgIpc) is 2.70. The van der Waals surface area contributed by atoms with Crippen LogP contribution in [0.3, 0.4) is 0 Å². The molecule has 0 aromatic heterocycles. The van der Waals surface area contributed by atoms with Gasteiger partial charge in [-0.15, -0.1) is 0 Å². The van der Waals surface area contributed by atoms with Crippen LogP contribution in [0.2, 0.25) is 0 Å². The molecule has 0 aromatic carbocycles. The molecule has 0 radical (unpaired) electrons. The Morgan fingerprint density at radius 2 is 1.87 bits per heavy atom. The summed E-state index contributed by atoms with van der Waals surface area (Å²) in [6.07, 6.45) is 11.1. The number of hydrazone groups is 1. The highest BCUT2D eigenvalue weighted by Gasteiger charge is 2.25. The number of allylic oxidation sites excluding steroid dienone is 5. The number of nitrogens with one attached hydrogen (secondary N) is 1. The first-order chi connectivity index (χ1) is 14.2. The quantitative estimate of drug-likeness (QED) is 0.270. The second kappa shape index (κ2) is 15.5. The van der Waals surface area contributed by atoms with Crippen LogP contribution >= 0.6 is 11.6 Å². The zero-order valence-electron chi connectivity index (χ0n) is 19.6. The van der Waals surface area contributed by atoms with Gasteiger partial charge in [0.25, 0.3) is 0 Å². The van der Waals surface area contributed by atoms with Gasteiger partial charge in [0.2, 0.25) is 10.0 Å². The van der Waals surface area contributed by atoms with Crippen molar-refractivity contribution < 1.29 is 8.42 Å². The molecule has 1 saturated heterocycles. The van der Waals surface area contributed by atoms with Gasteiger partial charge in [-0.25, -0.2) is 12.7 Å². The predicted molar refractivity (Wildman–Crippen MR) is 131 cm³/mol. The Balaban J connectivity index is 0.00000407. The molecular weight excluding hydrogens is 420 g/mol. The molecule has 1 aliphatic rings. The minimum Gasteiger partial charge on any atom is -0.372 e. The molecule has 1 heterocycles. The van der Waals surface area contributed by atoms with E-state index in [1.165, 1.54) is 6.26 Å². The normalized spacial score (nSPS) is 17.2. The Kier molecular flexibility index (Phi) is 14.8. The average molecular weight is 461 g/mol. The molecule has 0 unspecified atom stereocenters. The molecule has 30 heavy (non-hydrogen) atoms. The summed E-state index contributed by atoms with van der Waals surface area (Å²) in [5.74, 6) is 0.555. The van der Waals surface area contributed by atoms with Crippen molar-refractivity contribution in [2.24, 2.45) is 11.0 Å². The second-order valence-electron chi connectivity index (χ2n) is 7.22. The number of piperidine rings is 1. The van der Waals surface area contributed by atoms with E-state index in [4.69, 9.17) is 11.6 Å². The van der Waals surface area contributed by atoms with E-state index >= 15 is 0 Å². The van der Waals surface area contributed by atoms with Gasteiger partial charge in [-0.3, -0.25) is 5.43 Å². The number of hydrogen-bond acceptors (Lipinski definition) is 5. The number of sulfonamides is 1. The van der Waals surface area contributed by atoms with E-state index in [2.05, 4.69) is 35.1 Å². The Bertz CT molecular complexity index is 694. The van der Waals surface area contributed by atoms with Crippen molar-refractivity contribution in [1.29, 1.82) is 0 Å². The molecule has 8 heteroatoms. The summed E-state index contributed by atoms with van der Waals surface area (Å²) in [6.45, 7) is 16.6. The lowest BCUT2D eigenvalue weighted by molar-refractivity contribution is 0.237. The molecule has 1 rings (SSSR count). The fourth-order valence-corrected chi connectivity index (χ4v) is 4.56. The predicted octanol–water partition coefficient (Wildman–Crippen LogP) is 4.92. The van der Waals surface area contributed by atoms with Gasteiger partial charge in [0, 0.05) is 49.3 Å². The highest BCUT2D eigenvalue weighted by Crippen LogP contribution is 2.24. The summed E-state index contributed by atoms with van der Waals surface area (Å²) >= 11 is 6.39. The minimum absolute atomic E-state index is 0.555. The van der Waals surface area contributed by atoms with E-state index < -0.39 is 10.0 Å². The Morgan fingerprint density at radius 1 is 1.27 bits per heavy atom. The van der Waals surface area contributed by atoms with Gasteiger partial charge in [0.15, 0.2) is 0 Å². The van der Waals surface area contributed by atoms with Crippen LogP contribution in [0.4, 0.5) is 0 Å². The third-order valence-corrected chi connectivity index (χ3v) is 6.42. The van der Waals surface area contributed by atoms with Gasteiger partial charge in [-0.1, -0.05) is 38.4 Å². The van der Waals surface area contributed by atoms with Crippen LogP contribution in [0.25, 0.3) is 0 Å². The molecule has 0 aliphatic carbocycles. The number of halogens is 1. The van der Waals surface area contributed by atoms with Crippen LogP contribution in [-0.2, 0) is 10.0 Å². The maximum absolute atomic E-state index is 11.7. The molecule has 0 bridgehead atoms. The van der Waals surface area contributed by atoms with E-state index in [1.54, 1.807) is 4.31 Å². The molecular formula is C22H41ClN4O2S. The largest absolute Gasteiger partial charge is 0.372 e. The molecule has 1 fully saturated rings. The second-order valence-corrected chi connectivity index (χ2v) is 9.64. The van der Waals surface area contributed by atoms with E-state index in [0.717, 1.165) is 50.2 Å². The third-order valence-electron chi connectivity index (χ3n) is 4.90. The SMILES string of the molecule is C=NN/C(C)=C/C(Cl)=C\C(=C/C)N(CCC)CCC1CCN(S(C)(=O)=O)CC1.CC. The summed E-state index contributed by atoms with van der Waals surface area (Å²) in [5, 5.41) is 4.26. The molecule has 0 atom stereocenters. The van der Waals surface area contributed by atoms with E-state index in [-0.39, 0.29) is 0 Å². The monoisotopic (exact) mass is 460 g/mol. The van der Waals surface area contributed by atoms with Crippen molar-refractivity contribution in [3.63, 3.8) is 0 Å². The van der Waals surface area contributed by atoms with E-state index in [1.807, 2.05) is 39.8 Å². The van der Waals surface area contributed by atoms with Gasteiger partial charge in [-0.2, -0.15) is 5.10 Å². The fourth-order valence-electron chi connectivity index (χ4n) is 3.41. The maximum atomic E-state index is 11.7. The van der Waals surface area contributed by atoms with Gasteiger partial charge >= 0.3 is 0 Å². The van der Waals surface area contributed by atoms with Crippen LogP contribution in [-0.4, -0.2) is 56.8 Å². The Hall–Kier alpha value is -1.31. The van der Waals surface area contributed by atoms with Crippen molar-refractivity contribution in [3.8, 4) is 0 Å². The minimum atomic E-state index is -3.06. The highest BCUT2D eigenvalue weighted by molar-refractivity contribution is 7.88. The van der Waals surface area contributed by atoms with E-state index in [0.29, 0.717) is 24.0 Å². The molecule has 6 nitrogen and oxygen atoms in total. The molecule has 174 valence electrons. The van der Waals surface area contributed by atoms with Gasteiger partial charge in [0.05, 0.1) is 6.26 Å². The van der Waals surface area contributed by atoms with Gasteiger partial charge in [0.1, 0.15) is 0 Å². The number of nitrogens with zero attached hydrogens (tertiary/aromatic N) is 3. The first kappa shape index (κ1) is 28.7. The first-order valence-electron chi connectivity index (χ1n) is 10.8. The molecule has 0 saturated carbocycles. The summed E-state index contributed by atoms with van der Waals surface area (Å²) in [5.41, 5.74) is 4.69. The standard InChI is InChI=1S/C20H35ClN4O2S.C2H6/c1-6-11-24(20(7-2)16-19(21)15-17(3)23-22-4)12-8-18-9-13-25(14-10-18)28(5,26)27;1-2/h7,15-16,18,23H,4,6,8-14H2,1-3,5H3;1-2H3/b17-15+,19-16+,20-7+;. The lowest BCUT2D eigenvalue weighted by Gasteiger charge is -2.32.